The molecule has 0 atom stereocenters. The van der Waals surface area contributed by atoms with Crippen LogP contribution in [0.3, 0.4) is 0 Å². The van der Waals surface area contributed by atoms with Crippen molar-refractivity contribution in [3.05, 3.63) is 78.2 Å². The average Bonchev–Trinajstić information content (AvgIpc) is 2.73. The summed E-state index contributed by atoms with van der Waals surface area (Å²) in [6, 6.07) is 19.1. The zero-order chi connectivity index (χ0) is 19.7. The van der Waals surface area contributed by atoms with Crippen LogP contribution in [0.1, 0.15) is 10.5 Å². The Labute approximate surface area is 160 Å². The van der Waals surface area contributed by atoms with Crippen LogP contribution in [0.25, 0.3) is 33.4 Å². The number of carboxylic acids is 1. The van der Waals surface area contributed by atoms with Crippen LogP contribution in [0.5, 0.6) is 5.75 Å². The van der Waals surface area contributed by atoms with Gasteiger partial charge in [0.15, 0.2) is 11.5 Å². The summed E-state index contributed by atoms with van der Waals surface area (Å²) in [5, 5.41) is 9.67. The van der Waals surface area contributed by atoms with Crippen LogP contribution in [0.2, 0.25) is 0 Å². The second kappa shape index (κ2) is 7.08. The molecule has 0 bridgehead atoms. The minimum atomic E-state index is -1.25. The van der Waals surface area contributed by atoms with Crippen molar-refractivity contribution in [3.8, 4) is 28.3 Å². The van der Waals surface area contributed by atoms with Crippen molar-refractivity contribution in [2.45, 2.75) is 0 Å². The molecule has 5 nitrogen and oxygen atoms in total. The molecule has 0 spiro atoms. The Hall–Kier alpha value is -3.80. The van der Waals surface area contributed by atoms with E-state index < -0.39 is 11.8 Å². The SMILES string of the molecule is COc1cc(-c2ccccc2)ccc1-c1nc(C(=O)O)c2cc(F)ccc2n1. The number of aromatic carboxylic acids is 1. The zero-order valence-corrected chi connectivity index (χ0v) is 14.9. The van der Waals surface area contributed by atoms with E-state index in [-0.39, 0.29) is 16.9 Å². The van der Waals surface area contributed by atoms with E-state index >= 15 is 0 Å². The Morgan fingerprint density at radius 3 is 2.46 bits per heavy atom. The zero-order valence-electron chi connectivity index (χ0n) is 14.9. The minimum absolute atomic E-state index is 0.149. The lowest BCUT2D eigenvalue weighted by molar-refractivity contribution is 0.0693. The van der Waals surface area contributed by atoms with Gasteiger partial charge in [-0.1, -0.05) is 36.4 Å². The molecular formula is C22H15FN2O3. The van der Waals surface area contributed by atoms with Gasteiger partial charge in [-0.3, -0.25) is 0 Å². The topological polar surface area (TPSA) is 72.3 Å². The van der Waals surface area contributed by atoms with Gasteiger partial charge in [-0.15, -0.1) is 0 Å². The van der Waals surface area contributed by atoms with Gasteiger partial charge in [0.05, 0.1) is 18.2 Å². The maximum absolute atomic E-state index is 13.6. The van der Waals surface area contributed by atoms with Gasteiger partial charge in [0.25, 0.3) is 0 Å². The number of hydrogen-bond donors (Lipinski definition) is 1. The molecular weight excluding hydrogens is 359 g/mol. The Bertz CT molecular complexity index is 1190. The lowest BCUT2D eigenvalue weighted by Crippen LogP contribution is -2.05. The highest BCUT2D eigenvalue weighted by molar-refractivity contribution is 6.01. The number of rotatable bonds is 4. The van der Waals surface area contributed by atoms with Gasteiger partial charge in [-0.2, -0.15) is 0 Å². The first-order valence-electron chi connectivity index (χ1n) is 8.51. The summed E-state index contributed by atoms with van der Waals surface area (Å²) in [7, 11) is 1.53. The fourth-order valence-corrected chi connectivity index (χ4v) is 3.07. The van der Waals surface area contributed by atoms with Crippen LogP contribution in [-0.4, -0.2) is 28.2 Å². The van der Waals surface area contributed by atoms with E-state index in [1.807, 2.05) is 42.5 Å². The van der Waals surface area contributed by atoms with Crippen molar-refractivity contribution in [1.29, 1.82) is 0 Å². The number of benzene rings is 3. The number of ether oxygens (including phenoxy) is 1. The molecule has 0 aliphatic carbocycles. The molecule has 4 aromatic rings. The summed E-state index contributed by atoms with van der Waals surface area (Å²) in [6.07, 6.45) is 0. The van der Waals surface area contributed by atoms with Gasteiger partial charge in [-0.05, 0) is 41.5 Å². The first kappa shape index (κ1) is 17.6. The molecule has 138 valence electrons. The van der Waals surface area contributed by atoms with Crippen molar-refractivity contribution in [2.24, 2.45) is 0 Å². The molecule has 28 heavy (non-hydrogen) atoms. The van der Waals surface area contributed by atoms with Gasteiger partial charge in [0.1, 0.15) is 11.6 Å². The third kappa shape index (κ3) is 3.16. The number of fused-ring (bicyclic) bond motifs is 1. The average molecular weight is 374 g/mol. The number of nitrogens with zero attached hydrogens (tertiary/aromatic N) is 2. The first-order chi connectivity index (χ1) is 13.6. The molecule has 1 heterocycles. The molecule has 3 aromatic carbocycles. The molecule has 6 heteroatoms. The highest BCUT2D eigenvalue weighted by Crippen LogP contribution is 2.33. The van der Waals surface area contributed by atoms with Gasteiger partial charge in [0, 0.05) is 5.39 Å². The lowest BCUT2D eigenvalue weighted by Gasteiger charge is -2.12. The molecule has 0 amide bonds. The largest absolute Gasteiger partial charge is 0.496 e. The molecule has 0 aliphatic rings. The van der Waals surface area contributed by atoms with Crippen molar-refractivity contribution in [1.82, 2.24) is 9.97 Å². The van der Waals surface area contributed by atoms with Crippen molar-refractivity contribution in [3.63, 3.8) is 0 Å². The van der Waals surface area contributed by atoms with E-state index in [1.54, 1.807) is 6.07 Å². The summed E-state index contributed by atoms with van der Waals surface area (Å²) in [5.74, 6) is -1.08. The predicted octanol–water partition coefficient (Wildman–Crippen LogP) is 4.81. The molecule has 0 saturated carbocycles. The Balaban J connectivity index is 1.90. The molecule has 0 radical (unpaired) electrons. The van der Waals surface area contributed by atoms with Crippen LogP contribution >= 0.6 is 0 Å². The molecule has 0 fully saturated rings. The number of carboxylic acid groups (broad SMARTS) is 1. The van der Waals surface area contributed by atoms with Crippen LogP contribution in [-0.2, 0) is 0 Å². The van der Waals surface area contributed by atoms with Crippen molar-refractivity contribution in [2.75, 3.05) is 7.11 Å². The van der Waals surface area contributed by atoms with E-state index in [4.69, 9.17) is 4.74 Å². The third-order valence-corrected chi connectivity index (χ3v) is 4.41. The van der Waals surface area contributed by atoms with Crippen molar-refractivity contribution < 1.29 is 19.0 Å². The van der Waals surface area contributed by atoms with E-state index in [2.05, 4.69) is 9.97 Å². The minimum Gasteiger partial charge on any atom is -0.496 e. The second-order valence-electron chi connectivity index (χ2n) is 6.14. The second-order valence-corrected chi connectivity index (χ2v) is 6.14. The molecule has 1 N–H and O–H groups in total. The van der Waals surface area contributed by atoms with E-state index in [0.29, 0.717) is 16.8 Å². The van der Waals surface area contributed by atoms with Gasteiger partial charge in [0.2, 0.25) is 0 Å². The van der Waals surface area contributed by atoms with Crippen LogP contribution in [0.15, 0.2) is 66.7 Å². The summed E-state index contributed by atoms with van der Waals surface area (Å²) in [5.41, 5.74) is 2.61. The lowest BCUT2D eigenvalue weighted by atomic mass is 10.0. The fraction of sp³-hybridized carbons (Fsp3) is 0.0455. The normalized spacial score (nSPS) is 10.8. The van der Waals surface area contributed by atoms with E-state index in [0.717, 1.165) is 17.2 Å². The van der Waals surface area contributed by atoms with E-state index in [1.165, 1.54) is 19.2 Å². The van der Waals surface area contributed by atoms with Crippen LogP contribution in [0.4, 0.5) is 4.39 Å². The third-order valence-electron chi connectivity index (χ3n) is 4.41. The number of methoxy groups -OCH3 is 1. The van der Waals surface area contributed by atoms with Gasteiger partial charge >= 0.3 is 5.97 Å². The Morgan fingerprint density at radius 2 is 1.75 bits per heavy atom. The number of hydrogen-bond acceptors (Lipinski definition) is 4. The summed E-state index contributed by atoms with van der Waals surface area (Å²) in [6.45, 7) is 0. The van der Waals surface area contributed by atoms with Gasteiger partial charge in [-0.25, -0.2) is 19.2 Å². The maximum Gasteiger partial charge on any atom is 0.355 e. The smallest absolute Gasteiger partial charge is 0.355 e. The highest BCUT2D eigenvalue weighted by Gasteiger charge is 2.18. The van der Waals surface area contributed by atoms with Crippen molar-refractivity contribution >= 4 is 16.9 Å². The quantitative estimate of drug-likeness (QED) is 0.555. The summed E-state index contributed by atoms with van der Waals surface area (Å²) in [4.78, 5) is 20.2. The maximum atomic E-state index is 13.6. The van der Waals surface area contributed by atoms with Gasteiger partial charge < -0.3 is 9.84 Å². The summed E-state index contributed by atoms with van der Waals surface area (Å²) < 4.78 is 19.1. The number of carbonyl (C=O) groups is 1. The number of halogens is 1. The fourth-order valence-electron chi connectivity index (χ4n) is 3.07. The molecule has 0 unspecified atom stereocenters. The molecule has 1 aromatic heterocycles. The molecule has 4 rings (SSSR count). The Kier molecular flexibility index (Phi) is 4.45. The van der Waals surface area contributed by atoms with Crippen LogP contribution < -0.4 is 4.74 Å². The van der Waals surface area contributed by atoms with E-state index in [9.17, 15) is 14.3 Å². The first-order valence-corrected chi connectivity index (χ1v) is 8.51. The molecule has 0 saturated heterocycles. The Morgan fingerprint density at radius 1 is 0.964 bits per heavy atom. The monoisotopic (exact) mass is 374 g/mol. The predicted molar refractivity (Wildman–Crippen MR) is 104 cm³/mol. The summed E-state index contributed by atoms with van der Waals surface area (Å²) >= 11 is 0. The number of aromatic nitrogens is 2. The highest BCUT2D eigenvalue weighted by atomic mass is 19.1. The standard InChI is InChI=1S/C22H15FN2O3/c1-28-19-11-14(13-5-3-2-4-6-13)7-9-16(19)21-24-18-10-8-15(23)12-17(18)20(25-21)22(26)27/h2-12H,1H3,(H,26,27). The van der Waals surface area contributed by atoms with Crippen LogP contribution in [0, 0.1) is 5.82 Å². The molecule has 0 aliphatic heterocycles.